The first-order chi connectivity index (χ1) is 14.7. The Labute approximate surface area is 181 Å². The summed E-state index contributed by atoms with van der Waals surface area (Å²) in [5.74, 6) is 0.508. The van der Waals surface area contributed by atoms with Gasteiger partial charge in [0.15, 0.2) is 5.82 Å². The number of likely N-dealkylation sites (tertiary alicyclic amines) is 1. The molecule has 0 spiro atoms. The van der Waals surface area contributed by atoms with E-state index in [-0.39, 0.29) is 18.2 Å². The summed E-state index contributed by atoms with van der Waals surface area (Å²) >= 11 is 0. The zero-order valence-electron chi connectivity index (χ0n) is 18.4. The van der Waals surface area contributed by atoms with Crippen molar-refractivity contribution in [2.24, 2.45) is 0 Å². The van der Waals surface area contributed by atoms with Gasteiger partial charge in [0.05, 0.1) is 35.3 Å². The lowest BCUT2D eigenvalue weighted by Crippen LogP contribution is -2.50. The van der Waals surface area contributed by atoms with Crippen LogP contribution in [0, 0.1) is 6.92 Å². The van der Waals surface area contributed by atoms with Crippen LogP contribution < -0.4 is 10.6 Å². The molecule has 2 N–H and O–H groups in total. The normalized spacial score (nSPS) is 20.6. The molecule has 2 fully saturated rings. The summed E-state index contributed by atoms with van der Waals surface area (Å²) in [5.41, 5.74) is 9.69. The van der Waals surface area contributed by atoms with Crippen LogP contribution in [0.25, 0.3) is 16.6 Å². The number of rotatable bonds is 2. The molecular weight excluding hydrogens is 392 g/mol. The molecule has 1 amide bonds. The van der Waals surface area contributed by atoms with Gasteiger partial charge >= 0.3 is 6.09 Å². The molecule has 8 nitrogen and oxygen atoms in total. The fourth-order valence-corrected chi connectivity index (χ4v) is 4.66. The van der Waals surface area contributed by atoms with Crippen LogP contribution in [0.15, 0.2) is 36.7 Å². The fourth-order valence-electron chi connectivity index (χ4n) is 4.66. The number of fused-ring (bicyclic) bond motifs is 3. The number of amides is 1. The predicted octanol–water partition coefficient (Wildman–Crippen LogP) is 3.51. The van der Waals surface area contributed by atoms with Crippen molar-refractivity contribution in [3.63, 3.8) is 0 Å². The van der Waals surface area contributed by atoms with Crippen LogP contribution in [0.2, 0.25) is 0 Å². The number of piperazine rings is 1. The zero-order chi connectivity index (χ0) is 21.9. The van der Waals surface area contributed by atoms with Crippen LogP contribution in [0.1, 0.15) is 32.8 Å². The third-order valence-electron chi connectivity index (χ3n) is 6.02. The lowest BCUT2D eigenvalue weighted by molar-refractivity contribution is 0.0214. The van der Waals surface area contributed by atoms with Crippen LogP contribution in [0.3, 0.4) is 0 Å². The molecule has 162 valence electrons. The Morgan fingerprint density at radius 3 is 2.61 bits per heavy atom. The van der Waals surface area contributed by atoms with Gasteiger partial charge in [0.2, 0.25) is 0 Å². The lowest BCUT2D eigenvalue weighted by Gasteiger charge is -2.36. The van der Waals surface area contributed by atoms with Crippen molar-refractivity contribution in [3.8, 4) is 5.69 Å². The highest BCUT2D eigenvalue weighted by molar-refractivity contribution is 5.90. The third-order valence-corrected chi connectivity index (χ3v) is 6.02. The van der Waals surface area contributed by atoms with Crippen molar-refractivity contribution >= 4 is 28.5 Å². The molecule has 0 unspecified atom stereocenters. The summed E-state index contributed by atoms with van der Waals surface area (Å²) in [7, 11) is 0. The van der Waals surface area contributed by atoms with Crippen molar-refractivity contribution in [3.05, 3.63) is 42.2 Å². The number of nitrogens with zero attached hydrogens (tertiary/aromatic N) is 5. The van der Waals surface area contributed by atoms with Crippen LogP contribution in [0.5, 0.6) is 0 Å². The Morgan fingerprint density at radius 2 is 1.90 bits per heavy atom. The number of aryl methyl sites for hydroxylation is 1. The van der Waals surface area contributed by atoms with Crippen molar-refractivity contribution in [1.82, 2.24) is 19.7 Å². The van der Waals surface area contributed by atoms with Gasteiger partial charge < -0.3 is 20.3 Å². The van der Waals surface area contributed by atoms with E-state index in [1.54, 1.807) is 6.20 Å². The number of carbonyl (C=O) groups is 1. The van der Waals surface area contributed by atoms with Crippen LogP contribution in [-0.2, 0) is 4.74 Å². The quantitative estimate of drug-likeness (QED) is 0.682. The zero-order valence-corrected chi connectivity index (χ0v) is 18.4. The maximum absolute atomic E-state index is 12.5. The van der Waals surface area contributed by atoms with Crippen LogP contribution >= 0.6 is 0 Å². The molecule has 0 radical (unpaired) electrons. The molecule has 1 aromatic carbocycles. The van der Waals surface area contributed by atoms with E-state index in [9.17, 15) is 4.79 Å². The number of pyridine rings is 1. The number of ether oxygens (including phenoxy) is 1. The predicted molar refractivity (Wildman–Crippen MR) is 120 cm³/mol. The van der Waals surface area contributed by atoms with E-state index in [2.05, 4.69) is 34.0 Å². The first-order valence-electron chi connectivity index (χ1n) is 10.7. The average molecular weight is 421 g/mol. The van der Waals surface area contributed by atoms with Crippen molar-refractivity contribution in [2.45, 2.75) is 51.8 Å². The molecule has 4 heterocycles. The van der Waals surface area contributed by atoms with E-state index in [1.807, 2.05) is 48.7 Å². The second-order valence-electron chi connectivity index (χ2n) is 9.55. The van der Waals surface area contributed by atoms with Gasteiger partial charge in [0.1, 0.15) is 5.60 Å². The summed E-state index contributed by atoms with van der Waals surface area (Å²) in [4.78, 5) is 21.2. The van der Waals surface area contributed by atoms with Gasteiger partial charge in [0.25, 0.3) is 0 Å². The number of nitrogens with two attached hydrogens (primary N) is 1. The highest BCUT2D eigenvalue weighted by atomic mass is 16.6. The van der Waals surface area contributed by atoms with Crippen LogP contribution in [0.4, 0.5) is 16.3 Å². The largest absolute Gasteiger partial charge is 0.444 e. The SMILES string of the molecule is Cc1ccc2c(N)nn(-c3cncc(N4C[C@@H]5C[C@H]4CN5C(=O)OC(C)(C)C)c3)c2c1. The summed E-state index contributed by atoms with van der Waals surface area (Å²) < 4.78 is 7.43. The average Bonchev–Trinajstić information content (AvgIpc) is 3.39. The second-order valence-corrected chi connectivity index (χ2v) is 9.55. The van der Waals surface area contributed by atoms with Gasteiger partial charge in [-0.1, -0.05) is 6.07 Å². The lowest BCUT2D eigenvalue weighted by atomic mass is 10.2. The Balaban J connectivity index is 1.40. The molecule has 2 atom stereocenters. The molecule has 0 saturated carbocycles. The van der Waals surface area contributed by atoms with E-state index in [1.165, 1.54) is 0 Å². The molecule has 8 heteroatoms. The smallest absolute Gasteiger partial charge is 0.410 e. The molecule has 3 aromatic rings. The first-order valence-corrected chi connectivity index (χ1v) is 10.7. The number of benzene rings is 1. The van der Waals surface area contributed by atoms with Gasteiger partial charge in [-0.2, -0.15) is 0 Å². The van der Waals surface area contributed by atoms with E-state index in [0.717, 1.165) is 40.8 Å². The standard InChI is InChI=1S/C23H28N6O2/c1-14-5-6-19-20(7-14)29(26-21(19)24)16-8-15(10-25-11-16)27-12-18-9-17(27)13-28(18)22(30)31-23(2,3)4/h5-8,10-11,17-18H,9,12-13H2,1-4H3,(H2,24,26)/t17-,18-/m0/s1. The maximum atomic E-state index is 12.5. The molecule has 2 aliphatic rings. The van der Waals surface area contributed by atoms with E-state index in [0.29, 0.717) is 12.4 Å². The number of nitrogen functional groups attached to an aromatic ring is 1. The Hall–Kier alpha value is -3.29. The van der Waals surface area contributed by atoms with E-state index in [4.69, 9.17) is 10.5 Å². The van der Waals surface area contributed by atoms with E-state index < -0.39 is 5.60 Å². The minimum atomic E-state index is -0.483. The molecule has 31 heavy (non-hydrogen) atoms. The molecule has 2 aliphatic heterocycles. The molecule has 2 bridgehead atoms. The summed E-state index contributed by atoms with van der Waals surface area (Å²) in [6, 6.07) is 8.65. The first kappa shape index (κ1) is 19.7. The van der Waals surface area contributed by atoms with Gasteiger partial charge in [0, 0.05) is 24.5 Å². The van der Waals surface area contributed by atoms with Crippen molar-refractivity contribution in [2.75, 3.05) is 23.7 Å². The molecular formula is C23H28N6O2. The number of hydrogen-bond donors (Lipinski definition) is 1. The number of hydrogen-bond acceptors (Lipinski definition) is 6. The van der Waals surface area contributed by atoms with Crippen molar-refractivity contribution in [1.29, 1.82) is 0 Å². The maximum Gasteiger partial charge on any atom is 0.410 e. The molecule has 0 aliphatic carbocycles. The van der Waals surface area contributed by atoms with E-state index >= 15 is 0 Å². The number of carbonyl (C=O) groups excluding carboxylic acids is 1. The summed E-state index contributed by atoms with van der Waals surface area (Å²) in [5, 5.41) is 5.49. The monoisotopic (exact) mass is 420 g/mol. The summed E-state index contributed by atoms with van der Waals surface area (Å²) in [6.07, 6.45) is 4.40. The third kappa shape index (κ3) is 3.45. The minimum Gasteiger partial charge on any atom is -0.444 e. The number of anilines is 2. The minimum absolute atomic E-state index is 0.160. The number of aromatic nitrogens is 3. The molecule has 2 saturated heterocycles. The second kappa shape index (κ2) is 6.87. The topological polar surface area (TPSA) is 89.5 Å². The van der Waals surface area contributed by atoms with Gasteiger partial charge in [-0.05, 0) is 57.9 Å². The van der Waals surface area contributed by atoms with Crippen molar-refractivity contribution < 1.29 is 9.53 Å². The fraction of sp³-hybridized carbons (Fsp3) is 0.435. The molecule has 2 aromatic heterocycles. The van der Waals surface area contributed by atoms with Crippen LogP contribution in [-0.4, -0.2) is 56.5 Å². The summed E-state index contributed by atoms with van der Waals surface area (Å²) in [6.45, 7) is 9.19. The highest BCUT2D eigenvalue weighted by Gasteiger charge is 2.46. The Bertz CT molecular complexity index is 1160. The Morgan fingerprint density at radius 1 is 1.13 bits per heavy atom. The molecule has 5 rings (SSSR count). The Kier molecular flexibility index (Phi) is 4.35. The van der Waals surface area contributed by atoms with Gasteiger partial charge in [-0.25, -0.2) is 9.48 Å². The van der Waals surface area contributed by atoms with Gasteiger partial charge in [-0.3, -0.25) is 4.98 Å². The highest BCUT2D eigenvalue weighted by Crippen LogP contribution is 2.36. The van der Waals surface area contributed by atoms with Gasteiger partial charge in [-0.15, -0.1) is 5.10 Å².